The maximum absolute atomic E-state index is 12.9. The molecule has 2 rings (SSSR count). The molecule has 0 aliphatic heterocycles. The van der Waals surface area contributed by atoms with Crippen LogP contribution >= 0.6 is 11.3 Å². The molecule has 1 aromatic carbocycles. The molecule has 0 atom stereocenters. The number of hydrogen-bond donors (Lipinski definition) is 1. The average Bonchev–Trinajstić information content (AvgIpc) is 3.10. The van der Waals surface area contributed by atoms with E-state index in [0.29, 0.717) is 25.0 Å². The summed E-state index contributed by atoms with van der Waals surface area (Å²) in [5.41, 5.74) is 0.998. The van der Waals surface area contributed by atoms with Crippen LogP contribution in [0.25, 0.3) is 0 Å². The summed E-state index contributed by atoms with van der Waals surface area (Å²) in [5, 5.41) is 11.1. The highest BCUT2D eigenvalue weighted by atomic mass is 32.2. The largest absolute Gasteiger partial charge is 0.497 e. The van der Waals surface area contributed by atoms with E-state index in [2.05, 4.69) is 0 Å². The van der Waals surface area contributed by atoms with Crippen LogP contribution in [0.3, 0.4) is 0 Å². The molecule has 152 valence electrons. The maximum Gasteiger partial charge on any atom is 0.318 e. The summed E-state index contributed by atoms with van der Waals surface area (Å²) >= 11 is 1.48. The Hall–Kier alpha value is -2.23. The van der Waals surface area contributed by atoms with E-state index in [-0.39, 0.29) is 17.2 Å². The molecule has 2 aromatic rings. The van der Waals surface area contributed by atoms with E-state index in [1.165, 1.54) is 49.6 Å². The van der Waals surface area contributed by atoms with Gasteiger partial charge in [-0.2, -0.15) is 4.31 Å². The number of nitrogens with zero attached hydrogens (tertiary/aromatic N) is 1. The highest BCUT2D eigenvalue weighted by Crippen LogP contribution is 2.23. The van der Waals surface area contributed by atoms with Gasteiger partial charge in [-0.1, -0.05) is 0 Å². The molecule has 0 aliphatic carbocycles. The highest BCUT2D eigenvalue weighted by molar-refractivity contribution is 7.89. The minimum Gasteiger partial charge on any atom is -0.497 e. The molecule has 0 amide bonds. The van der Waals surface area contributed by atoms with Crippen molar-refractivity contribution in [2.24, 2.45) is 0 Å². The van der Waals surface area contributed by atoms with Gasteiger partial charge in [0, 0.05) is 17.8 Å². The van der Waals surface area contributed by atoms with Crippen LogP contribution in [-0.2, 0) is 32.5 Å². The van der Waals surface area contributed by atoms with Crippen molar-refractivity contribution in [3.8, 4) is 5.75 Å². The second kappa shape index (κ2) is 9.81. The van der Waals surface area contributed by atoms with Crippen LogP contribution in [0.4, 0.5) is 0 Å². The number of carbonyl (C=O) groups excluding carboxylic acids is 1. The van der Waals surface area contributed by atoms with Gasteiger partial charge in [-0.15, -0.1) is 11.3 Å². The van der Waals surface area contributed by atoms with Crippen LogP contribution in [-0.4, -0.2) is 49.8 Å². The monoisotopic (exact) mass is 425 g/mol. The summed E-state index contributed by atoms with van der Waals surface area (Å²) in [6.45, 7) is 0.943. The summed E-state index contributed by atoms with van der Waals surface area (Å²) in [7, 11) is -2.49. The van der Waals surface area contributed by atoms with Gasteiger partial charge >= 0.3 is 5.97 Å². The molecule has 1 aromatic heterocycles. The topological polar surface area (TPSA) is 101 Å². The lowest BCUT2D eigenvalue weighted by atomic mass is 10.1. The number of ether oxygens (including phenoxy) is 1. The molecule has 0 bridgehead atoms. The van der Waals surface area contributed by atoms with Gasteiger partial charge in [0.05, 0.1) is 12.0 Å². The van der Waals surface area contributed by atoms with Gasteiger partial charge in [-0.25, -0.2) is 8.42 Å². The Morgan fingerprint density at radius 2 is 1.82 bits per heavy atom. The molecule has 0 aliphatic rings. The third-order valence-corrected chi connectivity index (χ3v) is 7.06. The Morgan fingerprint density at radius 3 is 2.39 bits per heavy atom. The van der Waals surface area contributed by atoms with E-state index in [1.54, 1.807) is 0 Å². The van der Waals surface area contributed by atoms with E-state index < -0.39 is 22.5 Å². The lowest BCUT2D eigenvalue weighted by molar-refractivity contribution is -0.137. The molecule has 0 radical (unpaired) electrons. The lowest BCUT2D eigenvalue weighted by Gasteiger charge is -2.20. The number of aliphatic carboxylic acids is 1. The van der Waals surface area contributed by atoms with Crippen molar-refractivity contribution in [2.75, 3.05) is 20.2 Å². The minimum absolute atomic E-state index is 0.0116. The summed E-state index contributed by atoms with van der Waals surface area (Å²) in [5.74, 6) is -0.621. The number of carbonyl (C=O) groups is 2. The minimum atomic E-state index is -3.97. The second-order valence-electron chi connectivity index (χ2n) is 6.23. The summed E-state index contributed by atoms with van der Waals surface area (Å²) < 4.78 is 31.8. The molecular formula is C19H23NO6S2. The number of hydrogen-bond acceptors (Lipinski definition) is 6. The van der Waals surface area contributed by atoms with Crippen LogP contribution in [0, 0.1) is 0 Å². The zero-order valence-corrected chi connectivity index (χ0v) is 17.4. The molecule has 0 fully saturated rings. The number of carboxylic acids is 1. The van der Waals surface area contributed by atoms with E-state index in [4.69, 9.17) is 4.74 Å². The number of methoxy groups -OCH3 is 1. The molecule has 0 unspecified atom stereocenters. The predicted molar refractivity (Wildman–Crippen MR) is 106 cm³/mol. The van der Waals surface area contributed by atoms with E-state index in [0.717, 1.165) is 14.7 Å². The third kappa shape index (κ3) is 5.88. The summed E-state index contributed by atoms with van der Waals surface area (Å²) in [4.78, 5) is 23.4. The molecule has 1 heterocycles. The fourth-order valence-corrected chi connectivity index (χ4v) is 5.00. The van der Waals surface area contributed by atoms with Crippen LogP contribution in [0.2, 0.25) is 0 Å². The Balaban J connectivity index is 2.18. The van der Waals surface area contributed by atoms with Crippen molar-refractivity contribution in [1.29, 1.82) is 0 Å². The van der Waals surface area contributed by atoms with Crippen molar-refractivity contribution >= 4 is 33.1 Å². The zero-order chi connectivity index (χ0) is 20.7. The smallest absolute Gasteiger partial charge is 0.318 e. The number of aryl methyl sites for hydroxylation is 1. The van der Waals surface area contributed by atoms with E-state index >= 15 is 0 Å². The molecule has 1 N–H and O–H groups in total. The Bertz CT molecular complexity index is 918. The summed E-state index contributed by atoms with van der Waals surface area (Å²) in [6, 6.07) is 7.75. The van der Waals surface area contributed by atoms with Crippen molar-refractivity contribution < 1.29 is 27.9 Å². The Labute approximate surface area is 168 Å². The van der Waals surface area contributed by atoms with E-state index in [1.807, 2.05) is 11.4 Å². The molecule has 0 saturated carbocycles. The van der Waals surface area contributed by atoms with Gasteiger partial charge in [0.25, 0.3) is 0 Å². The molecule has 7 nitrogen and oxygen atoms in total. The molecule has 28 heavy (non-hydrogen) atoms. The van der Waals surface area contributed by atoms with Gasteiger partial charge in [0.2, 0.25) is 10.0 Å². The van der Waals surface area contributed by atoms with Gasteiger partial charge < -0.3 is 14.6 Å². The number of carboxylic acid groups (broad SMARTS) is 1. The number of thiophene rings is 1. The molecule has 0 spiro atoms. The van der Waals surface area contributed by atoms with Gasteiger partial charge in [-0.05, 0) is 61.0 Å². The normalized spacial score (nSPS) is 11.5. The standard InChI is InChI=1S/C19H23NO6S2/c1-14(21)3-4-15-10-12-27-18(15)9-11-20(13-19(22)23)28(24,25)17-7-5-16(26-2)6-8-17/h5-8,10,12H,3-4,9,11,13H2,1-2H3,(H,22,23). The summed E-state index contributed by atoms with van der Waals surface area (Å²) in [6.07, 6.45) is 1.40. The quantitative estimate of drug-likeness (QED) is 0.594. The van der Waals surface area contributed by atoms with Gasteiger partial charge in [0.15, 0.2) is 0 Å². The Morgan fingerprint density at radius 1 is 1.14 bits per heavy atom. The zero-order valence-electron chi connectivity index (χ0n) is 15.8. The predicted octanol–water partition coefficient (Wildman–Crippen LogP) is 2.60. The third-order valence-electron chi connectivity index (χ3n) is 4.18. The number of ketones is 1. The van der Waals surface area contributed by atoms with Crippen molar-refractivity contribution in [1.82, 2.24) is 4.31 Å². The first kappa shape index (κ1) is 22.1. The number of sulfonamides is 1. The SMILES string of the molecule is COc1ccc(S(=O)(=O)N(CCc2sccc2CCC(C)=O)CC(=O)O)cc1. The van der Waals surface area contributed by atoms with Crippen molar-refractivity contribution in [3.05, 3.63) is 46.2 Å². The van der Waals surface area contributed by atoms with Crippen molar-refractivity contribution in [3.63, 3.8) is 0 Å². The van der Waals surface area contributed by atoms with Crippen LogP contribution in [0.15, 0.2) is 40.6 Å². The average molecular weight is 426 g/mol. The Kier molecular flexibility index (Phi) is 7.73. The van der Waals surface area contributed by atoms with Gasteiger partial charge in [0.1, 0.15) is 18.1 Å². The van der Waals surface area contributed by atoms with Gasteiger partial charge in [-0.3, -0.25) is 4.79 Å². The molecule has 9 heteroatoms. The van der Waals surface area contributed by atoms with Crippen LogP contribution in [0.1, 0.15) is 23.8 Å². The van der Waals surface area contributed by atoms with Crippen molar-refractivity contribution in [2.45, 2.75) is 31.1 Å². The first-order chi connectivity index (χ1) is 13.2. The molecule has 0 saturated heterocycles. The fourth-order valence-electron chi connectivity index (χ4n) is 2.68. The maximum atomic E-state index is 12.9. The molecular weight excluding hydrogens is 402 g/mol. The number of rotatable bonds is 11. The fraction of sp³-hybridized carbons (Fsp3) is 0.368. The van der Waals surface area contributed by atoms with Crippen LogP contribution < -0.4 is 4.74 Å². The number of Topliss-reactive ketones (excluding diaryl/α,β-unsaturated/α-hetero) is 1. The van der Waals surface area contributed by atoms with Crippen LogP contribution in [0.5, 0.6) is 5.75 Å². The second-order valence-corrected chi connectivity index (χ2v) is 9.17. The highest BCUT2D eigenvalue weighted by Gasteiger charge is 2.26. The first-order valence-electron chi connectivity index (χ1n) is 8.64. The first-order valence-corrected chi connectivity index (χ1v) is 11.0. The lowest BCUT2D eigenvalue weighted by Crippen LogP contribution is -2.37. The number of benzene rings is 1. The van der Waals surface area contributed by atoms with E-state index in [9.17, 15) is 23.1 Å².